The normalized spacial score (nSPS) is 10.3. The topological polar surface area (TPSA) is 61.2 Å². The molecule has 0 bridgehead atoms. The van der Waals surface area contributed by atoms with Gasteiger partial charge in [-0.3, -0.25) is 4.79 Å². The van der Waals surface area contributed by atoms with Crippen molar-refractivity contribution in [2.75, 3.05) is 0 Å². The molecule has 1 aromatic carbocycles. The van der Waals surface area contributed by atoms with Gasteiger partial charge in [-0.15, -0.1) is 0 Å². The maximum Gasteiger partial charge on any atom is 0.333 e. The number of aromatic nitrogens is 2. The van der Waals surface area contributed by atoms with Crippen LogP contribution >= 0.6 is 11.6 Å². The molecule has 1 aromatic heterocycles. The molecule has 104 valence electrons. The second-order valence-electron chi connectivity index (χ2n) is 4.38. The predicted octanol–water partition coefficient (Wildman–Crippen LogP) is 2.12. The number of carbonyl (C=O) groups is 1. The number of hydrogen-bond donors (Lipinski definition) is 0. The zero-order valence-electron chi connectivity index (χ0n) is 11.1. The van der Waals surface area contributed by atoms with Crippen LogP contribution in [0.3, 0.4) is 0 Å². The van der Waals surface area contributed by atoms with Crippen LogP contribution in [0.2, 0.25) is 5.02 Å². The summed E-state index contributed by atoms with van der Waals surface area (Å²) in [6, 6.07) is 8.03. The summed E-state index contributed by atoms with van der Waals surface area (Å²) in [5.41, 5.74) is 1.25. The van der Waals surface area contributed by atoms with Crippen LogP contribution in [-0.4, -0.2) is 15.7 Å². The van der Waals surface area contributed by atoms with E-state index in [1.54, 1.807) is 31.2 Å². The molecular weight excluding hydrogens is 280 g/mol. The highest BCUT2D eigenvalue weighted by Gasteiger charge is 2.11. The van der Waals surface area contributed by atoms with E-state index in [9.17, 15) is 9.59 Å². The molecule has 0 aliphatic rings. The van der Waals surface area contributed by atoms with Crippen LogP contribution in [0.4, 0.5) is 0 Å². The molecule has 6 heteroatoms. The number of esters is 1. The molecule has 0 spiro atoms. The molecule has 0 radical (unpaired) electrons. The van der Waals surface area contributed by atoms with Crippen molar-refractivity contribution in [1.29, 1.82) is 0 Å². The van der Waals surface area contributed by atoms with E-state index in [2.05, 4.69) is 5.10 Å². The summed E-state index contributed by atoms with van der Waals surface area (Å²) in [5, 5.41) is 4.31. The zero-order valence-corrected chi connectivity index (χ0v) is 11.8. The summed E-state index contributed by atoms with van der Waals surface area (Å²) in [7, 11) is 0. The van der Waals surface area contributed by atoms with Gasteiger partial charge in [0.15, 0.2) is 0 Å². The van der Waals surface area contributed by atoms with Crippen molar-refractivity contribution in [3.05, 3.63) is 57.0 Å². The Morgan fingerprint density at radius 2 is 2.05 bits per heavy atom. The van der Waals surface area contributed by atoms with Crippen molar-refractivity contribution >= 4 is 17.6 Å². The molecular formula is C14H13ClN2O3. The number of nitrogens with zero attached hydrogens (tertiary/aromatic N) is 2. The molecule has 1 heterocycles. The van der Waals surface area contributed by atoms with Gasteiger partial charge in [0.05, 0.1) is 10.7 Å². The summed E-state index contributed by atoms with van der Waals surface area (Å²) in [6.07, 6.45) is 0. The molecule has 0 saturated carbocycles. The third-order valence-electron chi connectivity index (χ3n) is 2.59. The van der Waals surface area contributed by atoms with E-state index < -0.39 is 5.97 Å². The highest BCUT2D eigenvalue weighted by atomic mass is 35.5. The summed E-state index contributed by atoms with van der Waals surface area (Å²) < 4.78 is 6.18. The molecule has 20 heavy (non-hydrogen) atoms. The predicted molar refractivity (Wildman–Crippen MR) is 75.1 cm³/mol. The molecule has 5 nitrogen and oxygen atoms in total. The van der Waals surface area contributed by atoms with Gasteiger partial charge in [-0.1, -0.05) is 17.7 Å². The van der Waals surface area contributed by atoms with Crippen molar-refractivity contribution < 1.29 is 9.53 Å². The van der Waals surface area contributed by atoms with Crippen LogP contribution in [0.5, 0.6) is 5.75 Å². The second kappa shape index (κ2) is 5.88. The standard InChI is InChI=1S/C14H13ClN2O3/c1-9-3-5-12(11(15)7-9)20-14(19)8-17-13(18)6-4-10(2)16-17/h3-7H,8H2,1-2H3. The first-order valence-electron chi connectivity index (χ1n) is 5.97. The summed E-state index contributed by atoms with van der Waals surface area (Å²) in [6.45, 7) is 3.36. The highest BCUT2D eigenvalue weighted by molar-refractivity contribution is 6.32. The Morgan fingerprint density at radius 1 is 1.30 bits per heavy atom. The second-order valence-corrected chi connectivity index (χ2v) is 4.79. The van der Waals surface area contributed by atoms with Gasteiger partial charge in [-0.2, -0.15) is 5.10 Å². The smallest absolute Gasteiger partial charge is 0.333 e. The summed E-state index contributed by atoms with van der Waals surface area (Å²) in [5.74, 6) is -0.334. The monoisotopic (exact) mass is 292 g/mol. The van der Waals surface area contributed by atoms with Crippen molar-refractivity contribution in [1.82, 2.24) is 9.78 Å². The molecule has 0 saturated heterocycles. The third kappa shape index (κ3) is 3.45. The highest BCUT2D eigenvalue weighted by Crippen LogP contribution is 2.25. The summed E-state index contributed by atoms with van der Waals surface area (Å²) in [4.78, 5) is 23.3. The average molecular weight is 293 g/mol. The molecule has 0 aliphatic carbocycles. The molecule has 0 amide bonds. The number of ether oxygens (including phenoxy) is 1. The van der Waals surface area contributed by atoms with E-state index in [1.807, 2.05) is 6.92 Å². The minimum Gasteiger partial charge on any atom is -0.424 e. The van der Waals surface area contributed by atoms with Gasteiger partial charge in [-0.05, 0) is 37.6 Å². The van der Waals surface area contributed by atoms with Gasteiger partial charge in [0, 0.05) is 6.07 Å². The van der Waals surface area contributed by atoms with E-state index in [4.69, 9.17) is 16.3 Å². The average Bonchev–Trinajstić information content (AvgIpc) is 2.37. The van der Waals surface area contributed by atoms with Crippen LogP contribution in [0.15, 0.2) is 35.1 Å². The maximum atomic E-state index is 11.8. The van der Waals surface area contributed by atoms with E-state index in [1.165, 1.54) is 6.07 Å². The van der Waals surface area contributed by atoms with Gasteiger partial charge in [0.1, 0.15) is 12.3 Å². The number of halogens is 1. The van der Waals surface area contributed by atoms with Gasteiger partial charge < -0.3 is 4.74 Å². The SMILES string of the molecule is Cc1ccc(OC(=O)Cn2nc(C)ccc2=O)c(Cl)c1. The van der Waals surface area contributed by atoms with Crippen LogP contribution in [0, 0.1) is 13.8 Å². The lowest BCUT2D eigenvalue weighted by Crippen LogP contribution is -2.28. The van der Waals surface area contributed by atoms with E-state index in [0.29, 0.717) is 10.7 Å². The van der Waals surface area contributed by atoms with Crippen molar-refractivity contribution in [3.8, 4) is 5.75 Å². The van der Waals surface area contributed by atoms with Gasteiger partial charge in [-0.25, -0.2) is 9.48 Å². The Hall–Kier alpha value is -2.14. The Morgan fingerprint density at radius 3 is 2.75 bits per heavy atom. The molecule has 0 aliphatic heterocycles. The largest absolute Gasteiger partial charge is 0.424 e. The quantitative estimate of drug-likeness (QED) is 0.642. The van der Waals surface area contributed by atoms with E-state index in [0.717, 1.165) is 10.2 Å². The fourth-order valence-corrected chi connectivity index (χ4v) is 1.90. The molecule has 0 unspecified atom stereocenters. The van der Waals surface area contributed by atoms with Crippen molar-refractivity contribution in [2.45, 2.75) is 20.4 Å². The fraction of sp³-hybridized carbons (Fsp3) is 0.214. The Bertz CT molecular complexity index is 710. The molecule has 0 fully saturated rings. The molecule has 0 atom stereocenters. The van der Waals surface area contributed by atoms with E-state index in [-0.39, 0.29) is 17.9 Å². The number of benzene rings is 1. The summed E-state index contributed by atoms with van der Waals surface area (Å²) >= 11 is 5.97. The molecule has 2 aromatic rings. The first kappa shape index (κ1) is 14.3. The first-order valence-corrected chi connectivity index (χ1v) is 6.35. The third-order valence-corrected chi connectivity index (χ3v) is 2.89. The zero-order chi connectivity index (χ0) is 14.7. The first-order chi connectivity index (χ1) is 9.45. The van der Waals surface area contributed by atoms with Crippen LogP contribution in [-0.2, 0) is 11.3 Å². The lowest BCUT2D eigenvalue weighted by molar-refractivity contribution is -0.135. The Kier molecular flexibility index (Phi) is 4.20. The lowest BCUT2D eigenvalue weighted by atomic mass is 10.2. The van der Waals surface area contributed by atoms with Gasteiger partial charge >= 0.3 is 5.97 Å². The van der Waals surface area contributed by atoms with Crippen molar-refractivity contribution in [2.24, 2.45) is 0 Å². The Labute approximate surface area is 120 Å². The number of rotatable bonds is 3. The lowest BCUT2D eigenvalue weighted by Gasteiger charge is -2.08. The van der Waals surface area contributed by atoms with Gasteiger partial charge in [0.25, 0.3) is 5.56 Å². The maximum absolute atomic E-state index is 11.8. The van der Waals surface area contributed by atoms with Crippen LogP contribution < -0.4 is 10.3 Å². The Balaban J connectivity index is 2.13. The molecule has 0 N–H and O–H groups in total. The van der Waals surface area contributed by atoms with Crippen molar-refractivity contribution in [3.63, 3.8) is 0 Å². The molecule has 2 rings (SSSR count). The fourth-order valence-electron chi connectivity index (χ4n) is 1.63. The number of aryl methyl sites for hydroxylation is 2. The minimum absolute atomic E-state index is 0.259. The van der Waals surface area contributed by atoms with Crippen LogP contribution in [0.25, 0.3) is 0 Å². The van der Waals surface area contributed by atoms with Gasteiger partial charge in [0.2, 0.25) is 0 Å². The minimum atomic E-state index is -0.601. The van der Waals surface area contributed by atoms with E-state index >= 15 is 0 Å². The number of hydrogen-bond acceptors (Lipinski definition) is 4. The van der Waals surface area contributed by atoms with Crippen LogP contribution in [0.1, 0.15) is 11.3 Å². The number of carbonyl (C=O) groups excluding carboxylic acids is 1.